The van der Waals surface area contributed by atoms with Crippen molar-refractivity contribution in [2.75, 3.05) is 26.1 Å². The molecule has 0 aliphatic rings. The molecule has 2 amide bonds. The van der Waals surface area contributed by atoms with Crippen LogP contribution in [0, 0.1) is 17.5 Å². The van der Waals surface area contributed by atoms with E-state index >= 15 is 0 Å². The summed E-state index contributed by atoms with van der Waals surface area (Å²) in [6, 6.07) is 6.58. The lowest BCUT2D eigenvalue weighted by molar-refractivity contribution is -0.123. The number of tetrazole rings is 1. The Kier molecular flexibility index (Phi) is 7.94. The number of halogens is 3. The summed E-state index contributed by atoms with van der Waals surface area (Å²) < 4.78 is 51.9. The number of carbonyl (C=O) groups is 2. The van der Waals surface area contributed by atoms with Crippen molar-refractivity contribution in [1.29, 1.82) is 0 Å². The van der Waals surface area contributed by atoms with E-state index in [0.29, 0.717) is 23.3 Å². The predicted octanol–water partition coefficient (Wildman–Crippen LogP) is 2.33. The van der Waals surface area contributed by atoms with Gasteiger partial charge in [-0.15, -0.1) is 5.10 Å². The molecule has 1 unspecified atom stereocenters. The minimum Gasteiger partial charge on any atom is -0.497 e. The van der Waals surface area contributed by atoms with Gasteiger partial charge in [0.1, 0.15) is 17.2 Å². The van der Waals surface area contributed by atoms with Crippen LogP contribution in [0.4, 0.5) is 18.9 Å². The van der Waals surface area contributed by atoms with Crippen LogP contribution in [-0.2, 0) is 9.59 Å². The molecule has 2 N–H and O–H groups in total. The summed E-state index contributed by atoms with van der Waals surface area (Å²) >= 11 is 1.01. The monoisotopic (exact) mass is 496 g/mol. The topological polar surface area (TPSA) is 120 Å². The van der Waals surface area contributed by atoms with E-state index in [9.17, 15) is 22.8 Å². The number of nitrogens with one attached hydrogen (secondary N) is 2. The van der Waals surface area contributed by atoms with Crippen LogP contribution < -0.4 is 20.1 Å². The summed E-state index contributed by atoms with van der Waals surface area (Å²) in [5.41, 5.74) is -0.0677. The van der Waals surface area contributed by atoms with Gasteiger partial charge in [0.15, 0.2) is 17.5 Å². The summed E-state index contributed by atoms with van der Waals surface area (Å²) in [5.74, 6) is -5.01. The number of rotatable bonds is 9. The second kappa shape index (κ2) is 10.9. The number of nitrogens with zero attached hydrogens (tertiary/aromatic N) is 4. The Bertz CT molecular complexity index is 1210. The molecule has 1 atom stereocenters. The molecule has 0 aliphatic carbocycles. The van der Waals surface area contributed by atoms with E-state index in [1.807, 2.05) is 0 Å². The summed E-state index contributed by atoms with van der Waals surface area (Å²) in [6.45, 7) is 1.03. The van der Waals surface area contributed by atoms with Crippen molar-refractivity contribution in [2.45, 2.75) is 17.3 Å². The van der Waals surface area contributed by atoms with E-state index in [1.165, 1.54) is 18.9 Å². The lowest BCUT2D eigenvalue weighted by Gasteiger charge is -2.14. The van der Waals surface area contributed by atoms with E-state index in [4.69, 9.17) is 9.47 Å². The third-order valence-corrected chi connectivity index (χ3v) is 5.47. The fourth-order valence-corrected chi connectivity index (χ4v) is 3.53. The average molecular weight is 496 g/mol. The number of benzene rings is 2. The van der Waals surface area contributed by atoms with Crippen molar-refractivity contribution in [3.8, 4) is 17.2 Å². The molecule has 3 rings (SSSR count). The summed E-state index contributed by atoms with van der Waals surface area (Å²) in [6.07, 6.45) is 0. The van der Waals surface area contributed by atoms with Crippen LogP contribution in [0.2, 0.25) is 0 Å². The van der Waals surface area contributed by atoms with Crippen molar-refractivity contribution >= 4 is 29.3 Å². The highest BCUT2D eigenvalue weighted by atomic mass is 32.2. The Balaban J connectivity index is 1.63. The van der Waals surface area contributed by atoms with Crippen molar-refractivity contribution in [2.24, 2.45) is 0 Å². The van der Waals surface area contributed by atoms with E-state index in [1.54, 1.807) is 25.1 Å². The molecule has 0 saturated heterocycles. The quantitative estimate of drug-likeness (QED) is 0.342. The second-order valence-electron chi connectivity index (χ2n) is 6.66. The van der Waals surface area contributed by atoms with Gasteiger partial charge in [-0.1, -0.05) is 11.8 Å². The van der Waals surface area contributed by atoms with Crippen molar-refractivity contribution in [3.05, 3.63) is 47.8 Å². The first-order chi connectivity index (χ1) is 16.2. The highest BCUT2D eigenvalue weighted by Crippen LogP contribution is 2.30. The van der Waals surface area contributed by atoms with E-state index in [0.717, 1.165) is 17.8 Å². The predicted molar refractivity (Wildman–Crippen MR) is 116 cm³/mol. The van der Waals surface area contributed by atoms with Crippen LogP contribution in [0.5, 0.6) is 11.5 Å². The molecule has 0 aliphatic heterocycles. The zero-order valence-corrected chi connectivity index (χ0v) is 19.0. The second-order valence-corrected chi connectivity index (χ2v) is 7.97. The third kappa shape index (κ3) is 5.57. The number of aromatic nitrogens is 4. The van der Waals surface area contributed by atoms with Crippen LogP contribution >= 0.6 is 11.8 Å². The number of methoxy groups -OCH3 is 2. The van der Waals surface area contributed by atoms with Gasteiger partial charge < -0.3 is 20.1 Å². The van der Waals surface area contributed by atoms with Gasteiger partial charge in [0, 0.05) is 6.07 Å². The van der Waals surface area contributed by atoms with Gasteiger partial charge in [-0.3, -0.25) is 9.59 Å². The largest absolute Gasteiger partial charge is 0.497 e. The summed E-state index contributed by atoms with van der Waals surface area (Å²) in [7, 11) is 2.99. The zero-order chi connectivity index (χ0) is 24.8. The molecule has 0 saturated carbocycles. The molecule has 1 aromatic heterocycles. The Hall–Kier alpha value is -3.81. The number of anilines is 1. The Labute approximate surface area is 195 Å². The highest BCUT2D eigenvalue weighted by Gasteiger charge is 2.22. The smallest absolute Gasteiger partial charge is 0.243 e. The standard InChI is InChI=1S/C20H19F3N6O4S/c1-10(19(31)24-9-16(30)25-13-6-5-12(21)17(22)18(13)23)34-20-26-27-28-29(20)14-8-11(32-2)4-7-15(14)33-3/h4-8,10H,9H2,1-3H3,(H,24,31)(H,25,30). The molecule has 3 aromatic rings. The summed E-state index contributed by atoms with van der Waals surface area (Å²) in [5, 5.41) is 15.5. The van der Waals surface area contributed by atoms with Crippen molar-refractivity contribution < 1.29 is 32.2 Å². The first-order valence-corrected chi connectivity index (χ1v) is 10.5. The van der Waals surface area contributed by atoms with Crippen molar-refractivity contribution in [1.82, 2.24) is 25.5 Å². The van der Waals surface area contributed by atoms with Gasteiger partial charge in [0.2, 0.25) is 17.0 Å². The highest BCUT2D eigenvalue weighted by molar-refractivity contribution is 8.00. The molecule has 0 spiro atoms. The first-order valence-electron chi connectivity index (χ1n) is 9.63. The minimum atomic E-state index is -1.71. The molecular weight excluding hydrogens is 477 g/mol. The molecule has 0 bridgehead atoms. The molecule has 14 heteroatoms. The molecular formula is C20H19F3N6O4S. The molecule has 34 heavy (non-hydrogen) atoms. The number of thioether (sulfide) groups is 1. The summed E-state index contributed by atoms with van der Waals surface area (Å²) in [4.78, 5) is 24.4. The normalized spacial score (nSPS) is 11.6. The van der Waals surface area contributed by atoms with E-state index < -0.39 is 46.7 Å². The van der Waals surface area contributed by atoms with E-state index in [-0.39, 0.29) is 5.16 Å². The van der Waals surface area contributed by atoms with Gasteiger partial charge in [-0.25, -0.2) is 13.2 Å². The van der Waals surface area contributed by atoms with Crippen LogP contribution in [0.3, 0.4) is 0 Å². The van der Waals surface area contributed by atoms with Gasteiger partial charge in [0.05, 0.1) is 31.7 Å². The zero-order valence-electron chi connectivity index (χ0n) is 18.1. The first kappa shape index (κ1) is 24.8. The Morgan fingerprint density at radius 2 is 1.88 bits per heavy atom. The fourth-order valence-electron chi connectivity index (χ4n) is 2.71. The minimum absolute atomic E-state index is 0.266. The van der Waals surface area contributed by atoms with Gasteiger partial charge in [0.25, 0.3) is 0 Å². The fraction of sp³-hybridized carbons (Fsp3) is 0.250. The maximum atomic E-state index is 13.7. The maximum absolute atomic E-state index is 13.7. The Morgan fingerprint density at radius 1 is 1.12 bits per heavy atom. The van der Waals surface area contributed by atoms with Gasteiger partial charge >= 0.3 is 0 Å². The van der Waals surface area contributed by atoms with Gasteiger partial charge in [-0.2, -0.15) is 4.68 Å². The van der Waals surface area contributed by atoms with E-state index in [2.05, 4.69) is 26.2 Å². The SMILES string of the molecule is COc1ccc(OC)c(-n2nnnc2SC(C)C(=O)NCC(=O)Nc2ccc(F)c(F)c2F)c1. The number of carbonyl (C=O) groups excluding carboxylic acids is 2. The van der Waals surface area contributed by atoms with Gasteiger partial charge in [-0.05, 0) is 41.6 Å². The number of hydrogen-bond acceptors (Lipinski definition) is 8. The van der Waals surface area contributed by atoms with Crippen LogP contribution in [0.15, 0.2) is 35.5 Å². The van der Waals surface area contributed by atoms with Crippen LogP contribution in [-0.4, -0.2) is 58.0 Å². The lowest BCUT2D eigenvalue weighted by Crippen LogP contribution is -2.37. The maximum Gasteiger partial charge on any atom is 0.243 e. The number of hydrogen-bond donors (Lipinski definition) is 2. The van der Waals surface area contributed by atoms with Crippen LogP contribution in [0.25, 0.3) is 5.69 Å². The number of ether oxygens (including phenoxy) is 2. The lowest BCUT2D eigenvalue weighted by atomic mass is 10.2. The molecule has 10 nitrogen and oxygen atoms in total. The third-order valence-electron chi connectivity index (χ3n) is 4.44. The van der Waals surface area contributed by atoms with Crippen molar-refractivity contribution in [3.63, 3.8) is 0 Å². The molecule has 2 aromatic carbocycles. The number of amides is 2. The molecule has 0 radical (unpaired) electrons. The average Bonchev–Trinajstić information content (AvgIpc) is 3.30. The Morgan fingerprint density at radius 3 is 2.59 bits per heavy atom. The molecule has 0 fully saturated rings. The molecule has 180 valence electrons. The van der Waals surface area contributed by atoms with Crippen LogP contribution in [0.1, 0.15) is 6.92 Å². The molecule has 1 heterocycles.